The number of ether oxygens (including phenoxy) is 1. The van der Waals surface area contributed by atoms with Crippen molar-refractivity contribution in [1.29, 1.82) is 0 Å². The number of nitrogens with one attached hydrogen (secondary N) is 1. The first-order chi connectivity index (χ1) is 10.6. The van der Waals surface area contributed by atoms with Crippen LogP contribution in [0.5, 0.6) is 0 Å². The second-order valence-electron chi connectivity index (χ2n) is 4.87. The monoisotopic (exact) mass is 313 g/mol. The summed E-state index contributed by atoms with van der Waals surface area (Å²) >= 11 is 1.53. The SMILES string of the molecule is COC(=O)c1c(C)[nH]c(-c2csc(-c3ccccn3)n2)c1C. The Labute approximate surface area is 132 Å². The second kappa shape index (κ2) is 5.73. The van der Waals surface area contributed by atoms with Crippen LogP contribution in [0, 0.1) is 13.8 Å². The van der Waals surface area contributed by atoms with Crippen molar-refractivity contribution < 1.29 is 9.53 Å². The lowest BCUT2D eigenvalue weighted by Crippen LogP contribution is -2.03. The number of pyridine rings is 1. The fraction of sp³-hybridized carbons (Fsp3) is 0.188. The minimum Gasteiger partial charge on any atom is -0.465 e. The number of aromatic amines is 1. The van der Waals surface area contributed by atoms with E-state index in [0.717, 1.165) is 33.3 Å². The average molecular weight is 313 g/mol. The van der Waals surface area contributed by atoms with Crippen LogP contribution < -0.4 is 0 Å². The summed E-state index contributed by atoms with van der Waals surface area (Å²) in [7, 11) is 1.38. The normalized spacial score (nSPS) is 10.7. The van der Waals surface area contributed by atoms with Crippen LogP contribution in [0.1, 0.15) is 21.6 Å². The Morgan fingerprint density at radius 3 is 2.77 bits per heavy atom. The summed E-state index contributed by atoms with van der Waals surface area (Å²) < 4.78 is 4.83. The van der Waals surface area contributed by atoms with Gasteiger partial charge in [0.1, 0.15) is 5.01 Å². The molecule has 5 nitrogen and oxygen atoms in total. The molecule has 3 aromatic rings. The largest absolute Gasteiger partial charge is 0.465 e. The maximum atomic E-state index is 11.9. The van der Waals surface area contributed by atoms with Crippen LogP contribution in [0.15, 0.2) is 29.8 Å². The fourth-order valence-corrected chi connectivity index (χ4v) is 3.20. The number of hydrogen-bond donors (Lipinski definition) is 1. The van der Waals surface area contributed by atoms with E-state index in [9.17, 15) is 4.79 Å². The quantitative estimate of drug-likeness (QED) is 0.750. The number of aryl methyl sites for hydroxylation is 1. The Balaban J connectivity index is 2.03. The zero-order valence-electron chi connectivity index (χ0n) is 12.5. The molecule has 0 unspecified atom stereocenters. The number of nitrogens with zero attached hydrogens (tertiary/aromatic N) is 2. The van der Waals surface area contributed by atoms with Gasteiger partial charge >= 0.3 is 5.97 Å². The number of aromatic nitrogens is 3. The van der Waals surface area contributed by atoms with Crippen molar-refractivity contribution in [2.45, 2.75) is 13.8 Å². The van der Waals surface area contributed by atoms with Crippen molar-refractivity contribution in [3.8, 4) is 22.1 Å². The predicted octanol–water partition coefficient (Wildman–Crippen LogP) is 3.60. The molecule has 0 aromatic carbocycles. The van der Waals surface area contributed by atoms with E-state index in [1.54, 1.807) is 6.20 Å². The van der Waals surface area contributed by atoms with Crippen LogP contribution in [-0.2, 0) is 4.74 Å². The molecular weight excluding hydrogens is 298 g/mol. The lowest BCUT2D eigenvalue weighted by atomic mass is 10.1. The number of esters is 1. The molecule has 1 N–H and O–H groups in total. The third-order valence-electron chi connectivity index (χ3n) is 3.47. The van der Waals surface area contributed by atoms with E-state index in [-0.39, 0.29) is 5.97 Å². The molecule has 0 atom stereocenters. The third-order valence-corrected chi connectivity index (χ3v) is 4.34. The minimum absolute atomic E-state index is 0.335. The Morgan fingerprint density at radius 1 is 1.27 bits per heavy atom. The maximum absolute atomic E-state index is 11.9. The maximum Gasteiger partial charge on any atom is 0.339 e. The van der Waals surface area contributed by atoms with Gasteiger partial charge in [-0.2, -0.15) is 0 Å². The number of H-pyrrole nitrogens is 1. The van der Waals surface area contributed by atoms with Gasteiger partial charge < -0.3 is 9.72 Å². The molecule has 0 spiro atoms. The summed E-state index contributed by atoms with van der Waals surface area (Å²) in [6.45, 7) is 3.75. The van der Waals surface area contributed by atoms with Gasteiger partial charge in [0.05, 0.1) is 29.8 Å². The Morgan fingerprint density at radius 2 is 2.09 bits per heavy atom. The van der Waals surface area contributed by atoms with E-state index in [4.69, 9.17) is 4.74 Å². The van der Waals surface area contributed by atoms with Crippen molar-refractivity contribution in [2.24, 2.45) is 0 Å². The van der Waals surface area contributed by atoms with E-state index >= 15 is 0 Å². The van der Waals surface area contributed by atoms with Gasteiger partial charge in [0.25, 0.3) is 0 Å². The van der Waals surface area contributed by atoms with Gasteiger partial charge in [0.15, 0.2) is 0 Å². The van der Waals surface area contributed by atoms with Gasteiger partial charge in [-0.1, -0.05) is 6.07 Å². The topological polar surface area (TPSA) is 67.9 Å². The third kappa shape index (κ3) is 2.42. The highest BCUT2D eigenvalue weighted by Crippen LogP contribution is 2.31. The molecule has 6 heteroatoms. The first kappa shape index (κ1) is 14.5. The predicted molar refractivity (Wildman–Crippen MR) is 85.9 cm³/mol. The first-order valence-electron chi connectivity index (χ1n) is 6.76. The molecule has 0 aliphatic carbocycles. The first-order valence-corrected chi connectivity index (χ1v) is 7.64. The summed E-state index contributed by atoms with van der Waals surface area (Å²) in [4.78, 5) is 24.0. The lowest BCUT2D eigenvalue weighted by molar-refractivity contribution is 0.0599. The van der Waals surface area contributed by atoms with Crippen LogP contribution >= 0.6 is 11.3 Å². The van der Waals surface area contributed by atoms with Crippen LogP contribution in [0.2, 0.25) is 0 Å². The summed E-state index contributed by atoms with van der Waals surface area (Å²) in [5, 5.41) is 2.81. The molecule has 22 heavy (non-hydrogen) atoms. The van der Waals surface area contributed by atoms with E-state index in [1.165, 1.54) is 18.4 Å². The molecule has 0 bridgehead atoms. The zero-order valence-corrected chi connectivity index (χ0v) is 13.3. The van der Waals surface area contributed by atoms with E-state index in [2.05, 4.69) is 15.0 Å². The molecule has 3 heterocycles. The van der Waals surface area contributed by atoms with Crippen LogP contribution in [-0.4, -0.2) is 28.0 Å². The zero-order chi connectivity index (χ0) is 15.7. The summed E-state index contributed by atoms with van der Waals surface area (Å²) in [5.41, 5.74) is 4.70. The minimum atomic E-state index is -0.335. The van der Waals surface area contributed by atoms with E-state index in [1.807, 2.05) is 37.4 Å². The van der Waals surface area contributed by atoms with Gasteiger partial charge in [0, 0.05) is 17.3 Å². The lowest BCUT2D eigenvalue weighted by Gasteiger charge is -1.99. The average Bonchev–Trinajstić information content (AvgIpc) is 3.12. The Kier molecular flexibility index (Phi) is 3.77. The number of carbonyl (C=O) groups excluding carboxylic acids is 1. The summed E-state index contributed by atoms with van der Waals surface area (Å²) in [5.74, 6) is -0.335. The molecule has 0 amide bonds. The Hall–Kier alpha value is -2.47. The van der Waals surface area contributed by atoms with E-state index < -0.39 is 0 Å². The smallest absolute Gasteiger partial charge is 0.339 e. The molecule has 0 aliphatic rings. The van der Waals surface area contributed by atoms with Gasteiger partial charge in [-0.3, -0.25) is 4.98 Å². The number of methoxy groups -OCH3 is 1. The van der Waals surface area contributed by atoms with E-state index in [0.29, 0.717) is 5.56 Å². The van der Waals surface area contributed by atoms with Crippen LogP contribution in [0.3, 0.4) is 0 Å². The molecule has 3 aromatic heterocycles. The highest BCUT2D eigenvalue weighted by Gasteiger charge is 2.21. The molecule has 0 saturated heterocycles. The molecule has 112 valence electrons. The summed E-state index contributed by atoms with van der Waals surface area (Å²) in [6.07, 6.45) is 1.75. The molecule has 0 saturated carbocycles. The fourth-order valence-electron chi connectivity index (χ4n) is 2.41. The van der Waals surface area contributed by atoms with Crippen molar-refractivity contribution in [1.82, 2.24) is 15.0 Å². The van der Waals surface area contributed by atoms with Gasteiger partial charge in [-0.15, -0.1) is 11.3 Å². The van der Waals surface area contributed by atoms with Crippen molar-refractivity contribution in [2.75, 3.05) is 7.11 Å². The van der Waals surface area contributed by atoms with Gasteiger partial charge in [0.2, 0.25) is 0 Å². The van der Waals surface area contributed by atoms with Crippen LogP contribution in [0.25, 0.3) is 22.1 Å². The van der Waals surface area contributed by atoms with Crippen molar-refractivity contribution >= 4 is 17.3 Å². The highest BCUT2D eigenvalue weighted by molar-refractivity contribution is 7.13. The summed E-state index contributed by atoms with van der Waals surface area (Å²) in [6, 6.07) is 5.73. The highest BCUT2D eigenvalue weighted by atomic mass is 32.1. The standard InChI is InChI=1S/C16H15N3O2S/c1-9-13(16(20)21-3)10(2)18-14(9)12-8-22-15(19-12)11-6-4-5-7-17-11/h4-8,18H,1-3H3. The molecule has 0 aliphatic heterocycles. The van der Waals surface area contributed by atoms with Crippen LogP contribution in [0.4, 0.5) is 0 Å². The number of thiazole rings is 1. The van der Waals surface area contributed by atoms with Gasteiger partial charge in [-0.25, -0.2) is 9.78 Å². The molecule has 3 rings (SSSR count). The Bertz CT molecular complexity index is 821. The molecular formula is C16H15N3O2S. The number of rotatable bonds is 3. The van der Waals surface area contributed by atoms with Crippen molar-refractivity contribution in [3.63, 3.8) is 0 Å². The number of carbonyl (C=O) groups is 1. The van der Waals surface area contributed by atoms with Gasteiger partial charge in [-0.05, 0) is 31.5 Å². The second-order valence-corrected chi connectivity index (χ2v) is 5.73. The molecule has 0 fully saturated rings. The molecule has 0 radical (unpaired) electrons. The number of hydrogen-bond acceptors (Lipinski definition) is 5. The van der Waals surface area contributed by atoms with Crippen molar-refractivity contribution in [3.05, 3.63) is 46.6 Å².